The molecule has 0 heterocycles. The zero-order valence-corrected chi connectivity index (χ0v) is 9.31. The second-order valence-electron chi connectivity index (χ2n) is 3.79. The van der Waals surface area contributed by atoms with E-state index in [2.05, 4.69) is 0 Å². The van der Waals surface area contributed by atoms with Gasteiger partial charge in [-0.3, -0.25) is 0 Å². The van der Waals surface area contributed by atoms with Crippen molar-refractivity contribution in [3.63, 3.8) is 0 Å². The van der Waals surface area contributed by atoms with E-state index in [1.807, 2.05) is 55.5 Å². The lowest BCUT2D eigenvalue weighted by atomic mass is 10.2. The molecule has 2 aromatic rings. The summed E-state index contributed by atoms with van der Waals surface area (Å²) in [5, 5.41) is 0. The highest BCUT2D eigenvalue weighted by atomic mass is 16.5. The van der Waals surface area contributed by atoms with Crippen molar-refractivity contribution in [3.8, 4) is 5.75 Å². The predicted octanol–water partition coefficient (Wildman–Crippen LogP) is 3.16. The first-order chi connectivity index (χ1) is 7.75. The molecule has 0 spiro atoms. The first kappa shape index (κ1) is 10.6. The van der Waals surface area contributed by atoms with Crippen LogP contribution in [0.1, 0.15) is 11.1 Å². The third-order valence-electron chi connectivity index (χ3n) is 2.50. The van der Waals surface area contributed by atoms with Crippen molar-refractivity contribution in [3.05, 3.63) is 59.7 Å². The van der Waals surface area contributed by atoms with E-state index >= 15 is 0 Å². The molecule has 0 unspecified atom stereocenters. The van der Waals surface area contributed by atoms with Gasteiger partial charge in [0.1, 0.15) is 12.4 Å². The van der Waals surface area contributed by atoms with E-state index in [4.69, 9.17) is 10.5 Å². The zero-order valence-electron chi connectivity index (χ0n) is 9.31. The van der Waals surface area contributed by atoms with Gasteiger partial charge in [-0.25, -0.2) is 0 Å². The highest BCUT2D eigenvalue weighted by Crippen LogP contribution is 2.19. The van der Waals surface area contributed by atoms with E-state index < -0.39 is 0 Å². The second kappa shape index (κ2) is 4.71. The van der Waals surface area contributed by atoms with Crippen LogP contribution < -0.4 is 10.5 Å². The van der Waals surface area contributed by atoms with Crippen LogP contribution >= 0.6 is 0 Å². The lowest BCUT2D eigenvalue weighted by molar-refractivity contribution is 0.306. The SMILES string of the molecule is Cc1ccc(OCc2ccccc2)cc1N. The summed E-state index contributed by atoms with van der Waals surface area (Å²) in [4.78, 5) is 0. The van der Waals surface area contributed by atoms with Gasteiger partial charge in [-0.05, 0) is 24.1 Å². The Morgan fingerprint density at radius 1 is 1.06 bits per heavy atom. The fraction of sp³-hybridized carbons (Fsp3) is 0.143. The van der Waals surface area contributed by atoms with Crippen molar-refractivity contribution in [2.45, 2.75) is 13.5 Å². The summed E-state index contributed by atoms with van der Waals surface area (Å²) in [6.45, 7) is 2.56. The van der Waals surface area contributed by atoms with E-state index in [1.54, 1.807) is 0 Å². The Kier molecular flexibility index (Phi) is 3.10. The van der Waals surface area contributed by atoms with Crippen LogP contribution in [0.25, 0.3) is 0 Å². The number of ether oxygens (including phenoxy) is 1. The first-order valence-electron chi connectivity index (χ1n) is 5.28. The molecule has 2 aromatic carbocycles. The summed E-state index contributed by atoms with van der Waals surface area (Å²) in [5.74, 6) is 0.812. The van der Waals surface area contributed by atoms with Crippen molar-refractivity contribution >= 4 is 5.69 Å². The van der Waals surface area contributed by atoms with Crippen LogP contribution in [0.3, 0.4) is 0 Å². The molecular weight excluding hydrogens is 198 g/mol. The smallest absolute Gasteiger partial charge is 0.121 e. The molecule has 2 N–H and O–H groups in total. The normalized spacial score (nSPS) is 10.1. The van der Waals surface area contributed by atoms with Crippen molar-refractivity contribution in [1.29, 1.82) is 0 Å². The quantitative estimate of drug-likeness (QED) is 0.795. The van der Waals surface area contributed by atoms with Crippen LogP contribution in [0.4, 0.5) is 5.69 Å². The van der Waals surface area contributed by atoms with Gasteiger partial charge in [0.15, 0.2) is 0 Å². The third-order valence-corrected chi connectivity index (χ3v) is 2.50. The molecular formula is C14H15NO. The van der Waals surface area contributed by atoms with Crippen molar-refractivity contribution in [1.82, 2.24) is 0 Å². The summed E-state index contributed by atoms with van der Waals surface area (Å²) in [5.41, 5.74) is 8.81. The molecule has 0 saturated carbocycles. The summed E-state index contributed by atoms with van der Waals surface area (Å²) < 4.78 is 5.65. The van der Waals surface area contributed by atoms with Crippen LogP contribution in [0.15, 0.2) is 48.5 Å². The molecule has 0 atom stereocenters. The number of aryl methyl sites for hydroxylation is 1. The standard InChI is InChI=1S/C14H15NO/c1-11-7-8-13(9-14(11)15)16-10-12-5-3-2-4-6-12/h2-9H,10,15H2,1H3. The third kappa shape index (κ3) is 2.54. The molecule has 82 valence electrons. The minimum absolute atomic E-state index is 0.573. The minimum atomic E-state index is 0.573. The average Bonchev–Trinajstić information content (AvgIpc) is 2.32. The maximum absolute atomic E-state index is 5.81. The van der Waals surface area contributed by atoms with Gasteiger partial charge in [0.2, 0.25) is 0 Å². The van der Waals surface area contributed by atoms with Gasteiger partial charge in [0, 0.05) is 11.8 Å². The molecule has 2 rings (SSSR count). The summed E-state index contributed by atoms with van der Waals surface area (Å²) in [6, 6.07) is 15.8. The Morgan fingerprint density at radius 3 is 2.50 bits per heavy atom. The average molecular weight is 213 g/mol. The molecule has 0 fully saturated rings. The molecule has 0 amide bonds. The molecule has 0 aromatic heterocycles. The fourth-order valence-corrected chi connectivity index (χ4v) is 1.45. The van der Waals surface area contributed by atoms with Gasteiger partial charge in [-0.2, -0.15) is 0 Å². The maximum Gasteiger partial charge on any atom is 0.121 e. The lowest BCUT2D eigenvalue weighted by Crippen LogP contribution is -1.96. The molecule has 0 aliphatic carbocycles. The van der Waals surface area contributed by atoms with Crippen LogP contribution in [0, 0.1) is 6.92 Å². The Balaban J connectivity index is 2.03. The highest BCUT2D eigenvalue weighted by molar-refractivity contribution is 5.50. The molecule has 2 nitrogen and oxygen atoms in total. The van der Waals surface area contributed by atoms with Gasteiger partial charge in [0.05, 0.1) is 0 Å². The van der Waals surface area contributed by atoms with E-state index in [-0.39, 0.29) is 0 Å². The van der Waals surface area contributed by atoms with E-state index in [0.717, 1.165) is 22.6 Å². The van der Waals surface area contributed by atoms with Gasteiger partial charge < -0.3 is 10.5 Å². The van der Waals surface area contributed by atoms with Gasteiger partial charge >= 0.3 is 0 Å². The summed E-state index contributed by atoms with van der Waals surface area (Å²) in [7, 11) is 0. The van der Waals surface area contributed by atoms with Crippen LogP contribution in [-0.2, 0) is 6.61 Å². The predicted molar refractivity (Wildman–Crippen MR) is 66.4 cm³/mol. The van der Waals surface area contributed by atoms with Gasteiger partial charge in [0.25, 0.3) is 0 Å². The maximum atomic E-state index is 5.81. The molecule has 0 radical (unpaired) electrons. The minimum Gasteiger partial charge on any atom is -0.489 e. The van der Waals surface area contributed by atoms with Gasteiger partial charge in [-0.1, -0.05) is 36.4 Å². The molecule has 0 aliphatic rings. The molecule has 0 bridgehead atoms. The van der Waals surface area contributed by atoms with Crippen molar-refractivity contribution in [2.75, 3.05) is 5.73 Å². The Morgan fingerprint density at radius 2 is 1.81 bits per heavy atom. The van der Waals surface area contributed by atoms with Crippen LogP contribution in [-0.4, -0.2) is 0 Å². The Hall–Kier alpha value is -1.96. The molecule has 0 aliphatic heterocycles. The molecule has 16 heavy (non-hydrogen) atoms. The first-order valence-corrected chi connectivity index (χ1v) is 5.28. The van der Waals surface area contributed by atoms with Crippen molar-refractivity contribution in [2.24, 2.45) is 0 Å². The van der Waals surface area contributed by atoms with Gasteiger partial charge in [-0.15, -0.1) is 0 Å². The molecule has 2 heteroatoms. The number of benzene rings is 2. The van der Waals surface area contributed by atoms with E-state index in [1.165, 1.54) is 0 Å². The van der Waals surface area contributed by atoms with Crippen molar-refractivity contribution < 1.29 is 4.74 Å². The largest absolute Gasteiger partial charge is 0.489 e. The number of nitrogen functional groups attached to an aromatic ring is 1. The number of nitrogens with two attached hydrogens (primary N) is 1. The Bertz CT molecular complexity index is 465. The van der Waals surface area contributed by atoms with E-state index in [9.17, 15) is 0 Å². The van der Waals surface area contributed by atoms with Crippen LogP contribution in [0.5, 0.6) is 5.75 Å². The number of anilines is 1. The summed E-state index contributed by atoms with van der Waals surface area (Å²) in [6.07, 6.45) is 0. The van der Waals surface area contributed by atoms with E-state index in [0.29, 0.717) is 6.61 Å². The number of rotatable bonds is 3. The molecule has 0 saturated heterocycles. The zero-order chi connectivity index (χ0) is 11.4. The lowest BCUT2D eigenvalue weighted by Gasteiger charge is -2.08. The second-order valence-corrected chi connectivity index (χ2v) is 3.79. The number of hydrogen-bond donors (Lipinski definition) is 1. The van der Waals surface area contributed by atoms with Crippen LogP contribution in [0.2, 0.25) is 0 Å². The number of hydrogen-bond acceptors (Lipinski definition) is 2. The summed E-state index contributed by atoms with van der Waals surface area (Å²) >= 11 is 0. The highest BCUT2D eigenvalue weighted by Gasteiger charge is 1.98. The monoisotopic (exact) mass is 213 g/mol. The topological polar surface area (TPSA) is 35.2 Å². The Labute approximate surface area is 95.7 Å². The fourth-order valence-electron chi connectivity index (χ4n) is 1.45.